The van der Waals surface area contributed by atoms with E-state index in [4.69, 9.17) is 10.5 Å². The van der Waals surface area contributed by atoms with Crippen LogP contribution in [0.2, 0.25) is 0 Å². The van der Waals surface area contributed by atoms with Crippen LogP contribution in [0.3, 0.4) is 0 Å². The van der Waals surface area contributed by atoms with Crippen LogP contribution in [-0.4, -0.2) is 16.1 Å². The van der Waals surface area contributed by atoms with E-state index in [2.05, 4.69) is 9.97 Å². The Morgan fingerprint density at radius 3 is 3.00 bits per heavy atom. The summed E-state index contributed by atoms with van der Waals surface area (Å²) in [5.74, 6) is 0.850. The van der Waals surface area contributed by atoms with Crippen molar-refractivity contribution >= 4 is 5.95 Å². The second-order valence-corrected chi connectivity index (χ2v) is 2.57. The Morgan fingerprint density at radius 2 is 2.36 bits per heavy atom. The lowest BCUT2D eigenvalue weighted by atomic mass is 10.6. The SMILES string of the molecule is Nc1nccc(OC2CC2)n1. The molecule has 0 atom stereocenters. The summed E-state index contributed by atoms with van der Waals surface area (Å²) >= 11 is 0. The van der Waals surface area contributed by atoms with Gasteiger partial charge in [0.1, 0.15) is 6.10 Å². The molecule has 0 saturated heterocycles. The summed E-state index contributed by atoms with van der Waals surface area (Å²) in [6, 6.07) is 1.72. The molecule has 0 aromatic carbocycles. The number of hydrogen-bond acceptors (Lipinski definition) is 4. The van der Waals surface area contributed by atoms with Crippen LogP contribution in [0.25, 0.3) is 0 Å². The number of aromatic nitrogens is 2. The van der Waals surface area contributed by atoms with Gasteiger partial charge in [-0.1, -0.05) is 0 Å². The topological polar surface area (TPSA) is 61.0 Å². The molecule has 2 N–H and O–H groups in total. The van der Waals surface area contributed by atoms with Gasteiger partial charge in [0.25, 0.3) is 0 Å². The van der Waals surface area contributed by atoms with Gasteiger partial charge in [-0.15, -0.1) is 0 Å². The second-order valence-electron chi connectivity index (χ2n) is 2.57. The number of nitrogens with zero attached hydrogens (tertiary/aromatic N) is 2. The first kappa shape index (κ1) is 6.39. The Bertz CT molecular complexity index is 260. The molecule has 1 aromatic heterocycles. The van der Waals surface area contributed by atoms with Crippen molar-refractivity contribution < 1.29 is 4.74 Å². The van der Waals surface area contributed by atoms with Crippen LogP contribution in [0.5, 0.6) is 5.88 Å². The van der Waals surface area contributed by atoms with Crippen LogP contribution >= 0.6 is 0 Å². The van der Waals surface area contributed by atoms with Crippen molar-refractivity contribution in [2.75, 3.05) is 5.73 Å². The van der Waals surface area contributed by atoms with Crippen LogP contribution in [-0.2, 0) is 0 Å². The Hall–Kier alpha value is -1.32. The molecule has 0 radical (unpaired) electrons. The molecule has 1 saturated carbocycles. The van der Waals surface area contributed by atoms with Gasteiger partial charge in [0.05, 0.1) is 0 Å². The van der Waals surface area contributed by atoms with Gasteiger partial charge in [0.15, 0.2) is 0 Å². The first-order chi connectivity index (χ1) is 5.34. The van der Waals surface area contributed by atoms with Crippen molar-refractivity contribution in [2.24, 2.45) is 0 Å². The number of anilines is 1. The Balaban J connectivity index is 2.10. The van der Waals surface area contributed by atoms with E-state index in [1.54, 1.807) is 12.3 Å². The fraction of sp³-hybridized carbons (Fsp3) is 0.429. The van der Waals surface area contributed by atoms with Gasteiger partial charge in [-0.2, -0.15) is 4.98 Å². The van der Waals surface area contributed by atoms with E-state index < -0.39 is 0 Å². The minimum atomic E-state index is 0.267. The maximum atomic E-state index is 5.38. The molecule has 1 fully saturated rings. The minimum Gasteiger partial charge on any atom is -0.474 e. The zero-order valence-electron chi connectivity index (χ0n) is 6.03. The molecule has 4 heteroatoms. The molecule has 1 aliphatic rings. The molecule has 11 heavy (non-hydrogen) atoms. The molecular formula is C7H9N3O. The fourth-order valence-electron chi connectivity index (χ4n) is 0.779. The molecule has 0 unspecified atom stereocenters. The zero-order valence-corrected chi connectivity index (χ0v) is 6.03. The van der Waals surface area contributed by atoms with Crippen molar-refractivity contribution in [1.82, 2.24) is 9.97 Å². The number of hydrogen-bond donors (Lipinski definition) is 1. The predicted octanol–water partition coefficient (Wildman–Crippen LogP) is 0.600. The van der Waals surface area contributed by atoms with E-state index >= 15 is 0 Å². The van der Waals surface area contributed by atoms with E-state index in [0.29, 0.717) is 12.0 Å². The monoisotopic (exact) mass is 151 g/mol. The summed E-state index contributed by atoms with van der Waals surface area (Å²) in [7, 11) is 0. The Labute approximate surface area is 64.4 Å². The molecule has 1 aromatic rings. The molecule has 1 aliphatic carbocycles. The Kier molecular flexibility index (Phi) is 1.38. The third-order valence-corrected chi connectivity index (χ3v) is 1.46. The molecule has 0 bridgehead atoms. The fourth-order valence-corrected chi connectivity index (χ4v) is 0.779. The quantitative estimate of drug-likeness (QED) is 0.672. The number of ether oxygens (including phenoxy) is 1. The van der Waals surface area contributed by atoms with E-state index in [9.17, 15) is 0 Å². The summed E-state index contributed by atoms with van der Waals surface area (Å²) in [6.45, 7) is 0. The van der Waals surface area contributed by atoms with E-state index in [1.165, 1.54) is 0 Å². The highest BCUT2D eigenvalue weighted by Crippen LogP contribution is 2.25. The maximum Gasteiger partial charge on any atom is 0.223 e. The summed E-state index contributed by atoms with van der Waals surface area (Å²) in [4.78, 5) is 7.65. The number of rotatable bonds is 2. The summed E-state index contributed by atoms with van der Waals surface area (Å²) in [5, 5.41) is 0. The van der Waals surface area contributed by atoms with E-state index in [1.807, 2.05) is 0 Å². The normalized spacial score (nSPS) is 16.4. The van der Waals surface area contributed by atoms with Gasteiger partial charge < -0.3 is 10.5 Å². The summed E-state index contributed by atoms with van der Waals surface area (Å²) in [6.07, 6.45) is 4.22. The predicted molar refractivity (Wildman–Crippen MR) is 40.1 cm³/mol. The molecule has 1 heterocycles. The number of nitrogens with two attached hydrogens (primary N) is 1. The summed E-state index contributed by atoms with van der Waals surface area (Å²) in [5.41, 5.74) is 5.35. The number of nitrogen functional groups attached to an aromatic ring is 1. The third kappa shape index (κ3) is 1.58. The molecular weight excluding hydrogens is 142 g/mol. The lowest BCUT2D eigenvalue weighted by Gasteiger charge is -2.01. The highest BCUT2D eigenvalue weighted by Gasteiger charge is 2.23. The van der Waals surface area contributed by atoms with Gasteiger partial charge in [0, 0.05) is 12.3 Å². The van der Waals surface area contributed by atoms with Gasteiger partial charge in [-0.05, 0) is 12.8 Å². The molecule has 0 spiro atoms. The largest absolute Gasteiger partial charge is 0.474 e. The standard InChI is InChI=1S/C7H9N3O/c8-7-9-4-3-6(10-7)11-5-1-2-5/h3-5H,1-2H2,(H2,8,9,10). The van der Waals surface area contributed by atoms with Gasteiger partial charge >= 0.3 is 0 Å². The summed E-state index contributed by atoms with van der Waals surface area (Å²) < 4.78 is 5.38. The molecule has 4 nitrogen and oxygen atoms in total. The third-order valence-electron chi connectivity index (χ3n) is 1.46. The van der Waals surface area contributed by atoms with Gasteiger partial charge in [-0.25, -0.2) is 4.98 Å². The molecule has 0 aliphatic heterocycles. The highest BCUT2D eigenvalue weighted by molar-refractivity contribution is 5.21. The van der Waals surface area contributed by atoms with Crippen LogP contribution in [0, 0.1) is 0 Å². The average Bonchev–Trinajstić information content (AvgIpc) is 2.71. The van der Waals surface area contributed by atoms with Crippen molar-refractivity contribution in [2.45, 2.75) is 18.9 Å². The first-order valence-corrected chi connectivity index (χ1v) is 3.60. The Morgan fingerprint density at radius 1 is 1.55 bits per heavy atom. The molecule has 58 valence electrons. The van der Waals surface area contributed by atoms with Crippen LogP contribution in [0.4, 0.5) is 5.95 Å². The van der Waals surface area contributed by atoms with Gasteiger partial charge in [0.2, 0.25) is 11.8 Å². The van der Waals surface area contributed by atoms with E-state index in [-0.39, 0.29) is 5.95 Å². The smallest absolute Gasteiger partial charge is 0.223 e. The zero-order chi connectivity index (χ0) is 7.68. The lowest BCUT2D eigenvalue weighted by Crippen LogP contribution is -2.01. The molecule has 0 amide bonds. The van der Waals surface area contributed by atoms with Crippen molar-refractivity contribution in [1.29, 1.82) is 0 Å². The van der Waals surface area contributed by atoms with Crippen molar-refractivity contribution in [3.8, 4) is 5.88 Å². The van der Waals surface area contributed by atoms with E-state index in [0.717, 1.165) is 12.8 Å². The van der Waals surface area contributed by atoms with Gasteiger partial charge in [-0.3, -0.25) is 0 Å². The minimum absolute atomic E-state index is 0.267. The first-order valence-electron chi connectivity index (χ1n) is 3.60. The lowest BCUT2D eigenvalue weighted by molar-refractivity contribution is 0.291. The van der Waals surface area contributed by atoms with Crippen LogP contribution in [0.1, 0.15) is 12.8 Å². The van der Waals surface area contributed by atoms with Crippen LogP contribution in [0.15, 0.2) is 12.3 Å². The highest BCUT2D eigenvalue weighted by atomic mass is 16.5. The van der Waals surface area contributed by atoms with Crippen LogP contribution < -0.4 is 10.5 Å². The maximum absolute atomic E-state index is 5.38. The van der Waals surface area contributed by atoms with Crippen molar-refractivity contribution in [3.05, 3.63) is 12.3 Å². The molecule has 2 rings (SSSR count). The van der Waals surface area contributed by atoms with Crippen molar-refractivity contribution in [3.63, 3.8) is 0 Å². The second kappa shape index (κ2) is 2.38. The average molecular weight is 151 g/mol.